The molecule has 0 aliphatic carbocycles. The van der Waals surface area contributed by atoms with Gasteiger partial charge in [0.25, 0.3) is 0 Å². The molecule has 11 nitrogen and oxygen atoms in total. The standard InChI is InChI=1S/C20H25N5O2.2C2HF3O2/c1-2-17(13-23(6-1)12-16-5-9-27-15-16)20-21-19-4-3-18(14-25(19)22-20)24-7-10-26-11-8-24;2*3-2(4,5)1(6)7/h3-5,9,14-15,17H,1-2,6-8,10-13H2;2*(H,6,7). The van der Waals surface area contributed by atoms with E-state index in [9.17, 15) is 26.3 Å². The molecule has 1 atom stereocenters. The Labute approximate surface area is 228 Å². The van der Waals surface area contributed by atoms with Crippen LogP contribution in [0.25, 0.3) is 5.65 Å². The zero-order valence-corrected chi connectivity index (χ0v) is 21.4. The molecule has 5 rings (SSSR count). The van der Waals surface area contributed by atoms with Gasteiger partial charge in [-0.2, -0.15) is 31.4 Å². The molecule has 2 aliphatic rings. The Kier molecular flexibility index (Phi) is 10.6. The van der Waals surface area contributed by atoms with E-state index in [2.05, 4.69) is 28.1 Å². The first-order chi connectivity index (χ1) is 19.2. The lowest BCUT2D eigenvalue weighted by molar-refractivity contribution is -0.193. The number of carboxylic acid groups (broad SMARTS) is 2. The number of piperidine rings is 1. The first-order valence-corrected chi connectivity index (χ1v) is 12.3. The van der Waals surface area contributed by atoms with Crippen LogP contribution in [0.4, 0.5) is 32.0 Å². The Balaban J connectivity index is 0.000000276. The molecule has 0 amide bonds. The molecule has 0 radical (unpaired) electrons. The van der Waals surface area contributed by atoms with Gasteiger partial charge in [-0.3, -0.25) is 4.90 Å². The molecule has 3 aromatic rings. The number of aromatic nitrogens is 3. The minimum Gasteiger partial charge on any atom is -0.475 e. The Hall–Kier alpha value is -3.86. The number of rotatable bonds is 4. The van der Waals surface area contributed by atoms with Crippen LogP contribution in [0.2, 0.25) is 0 Å². The van der Waals surface area contributed by atoms with Crippen molar-refractivity contribution in [3.63, 3.8) is 0 Å². The minimum absolute atomic E-state index is 0.386. The van der Waals surface area contributed by atoms with Crippen molar-refractivity contribution in [2.45, 2.75) is 37.7 Å². The van der Waals surface area contributed by atoms with E-state index in [4.69, 9.17) is 39.0 Å². The van der Waals surface area contributed by atoms with Crippen molar-refractivity contribution < 1.29 is 55.3 Å². The average Bonchev–Trinajstić information content (AvgIpc) is 3.58. The Morgan fingerprint density at radius 1 is 0.976 bits per heavy atom. The summed E-state index contributed by atoms with van der Waals surface area (Å²) in [5.74, 6) is -4.16. The number of fused-ring (bicyclic) bond motifs is 1. The van der Waals surface area contributed by atoms with Crippen LogP contribution in [0.5, 0.6) is 0 Å². The summed E-state index contributed by atoms with van der Waals surface area (Å²) in [5, 5.41) is 19.1. The third-order valence-electron chi connectivity index (χ3n) is 6.05. The molecule has 2 N–H and O–H groups in total. The monoisotopic (exact) mass is 595 g/mol. The minimum atomic E-state index is -5.08. The number of nitrogens with zero attached hydrogens (tertiary/aromatic N) is 5. The van der Waals surface area contributed by atoms with Gasteiger partial charge in [0.05, 0.1) is 37.6 Å². The fourth-order valence-corrected chi connectivity index (χ4v) is 4.12. The second-order valence-corrected chi connectivity index (χ2v) is 9.07. The maximum atomic E-state index is 10.6. The number of halogens is 6. The van der Waals surface area contributed by atoms with Crippen molar-refractivity contribution in [1.82, 2.24) is 19.5 Å². The SMILES string of the molecule is O=C(O)C(F)(F)F.O=C(O)C(F)(F)F.c1cc(CN2CCCC(c3nc4ccc(N5CCOCC5)cn4n3)C2)co1. The van der Waals surface area contributed by atoms with Crippen molar-refractivity contribution in [2.24, 2.45) is 0 Å². The molecule has 0 spiro atoms. The molecule has 2 aliphatic heterocycles. The van der Waals surface area contributed by atoms with E-state index in [1.54, 1.807) is 6.26 Å². The molecule has 2 saturated heterocycles. The number of likely N-dealkylation sites (tertiary alicyclic amines) is 1. The van der Waals surface area contributed by atoms with Gasteiger partial charge in [0.1, 0.15) is 0 Å². The molecule has 226 valence electrons. The summed E-state index contributed by atoms with van der Waals surface area (Å²) >= 11 is 0. The Morgan fingerprint density at radius 3 is 2.17 bits per heavy atom. The van der Waals surface area contributed by atoms with E-state index in [-0.39, 0.29) is 0 Å². The van der Waals surface area contributed by atoms with E-state index in [0.29, 0.717) is 5.92 Å². The zero-order valence-electron chi connectivity index (χ0n) is 21.4. The lowest BCUT2D eigenvalue weighted by atomic mass is 9.97. The van der Waals surface area contributed by atoms with E-state index in [1.165, 1.54) is 17.7 Å². The van der Waals surface area contributed by atoms with Gasteiger partial charge in [0, 0.05) is 37.7 Å². The summed E-state index contributed by atoms with van der Waals surface area (Å²) in [7, 11) is 0. The molecular weight excluding hydrogens is 568 g/mol. The molecule has 0 saturated carbocycles. The number of hydrogen-bond acceptors (Lipinski definition) is 8. The van der Waals surface area contributed by atoms with E-state index in [0.717, 1.165) is 63.8 Å². The van der Waals surface area contributed by atoms with Gasteiger partial charge in [-0.05, 0) is 37.6 Å². The molecule has 0 aromatic carbocycles. The normalized spacial score (nSPS) is 18.2. The summed E-state index contributed by atoms with van der Waals surface area (Å²) in [4.78, 5) is 27.4. The summed E-state index contributed by atoms with van der Waals surface area (Å²) in [6.45, 7) is 6.48. The quantitative estimate of drug-likeness (QED) is 0.429. The fourth-order valence-electron chi connectivity index (χ4n) is 4.12. The van der Waals surface area contributed by atoms with Crippen LogP contribution in [0, 0.1) is 0 Å². The molecule has 3 aromatic heterocycles. The van der Waals surface area contributed by atoms with Crippen molar-refractivity contribution in [2.75, 3.05) is 44.3 Å². The maximum absolute atomic E-state index is 10.6. The van der Waals surface area contributed by atoms with Crippen LogP contribution in [0.15, 0.2) is 41.3 Å². The molecule has 41 heavy (non-hydrogen) atoms. The van der Waals surface area contributed by atoms with Gasteiger partial charge in [0.2, 0.25) is 0 Å². The predicted molar refractivity (Wildman–Crippen MR) is 129 cm³/mol. The van der Waals surface area contributed by atoms with Crippen LogP contribution in [0.1, 0.15) is 30.1 Å². The number of morpholine rings is 1. The van der Waals surface area contributed by atoms with Crippen LogP contribution in [0.3, 0.4) is 0 Å². The van der Waals surface area contributed by atoms with Crippen molar-refractivity contribution in [1.29, 1.82) is 0 Å². The number of hydrogen-bond donors (Lipinski definition) is 2. The van der Waals surface area contributed by atoms with Crippen LogP contribution in [-0.4, -0.2) is 93.4 Å². The Bertz CT molecular complexity index is 1250. The first-order valence-electron chi connectivity index (χ1n) is 12.3. The topological polar surface area (TPSA) is 134 Å². The smallest absolute Gasteiger partial charge is 0.475 e. The highest BCUT2D eigenvalue weighted by Crippen LogP contribution is 2.27. The highest BCUT2D eigenvalue weighted by molar-refractivity contribution is 5.73. The number of furan rings is 1. The zero-order chi connectivity index (χ0) is 30.2. The van der Waals surface area contributed by atoms with Gasteiger partial charge >= 0.3 is 24.3 Å². The summed E-state index contributed by atoms with van der Waals surface area (Å²) in [5.41, 5.74) is 3.34. The molecular formula is C24H27F6N5O6. The van der Waals surface area contributed by atoms with Gasteiger partial charge in [-0.1, -0.05) is 0 Å². The van der Waals surface area contributed by atoms with E-state index < -0.39 is 24.3 Å². The van der Waals surface area contributed by atoms with Crippen LogP contribution in [-0.2, 0) is 20.9 Å². The van der Waals surface area contributed by atoms with Crippen LogP contribution >= 0.6 is 0 Å². The maximum Gasteiger partial charge on any atom is 0.490 e. The van der Waals surface area contributed by atoms with Gasteiger partial charge in [-0.15, -0.1) is 0 Å². The average molecular weight is 595 g/mol. The molecule has 17 heteroatoms. The van der Waals surface area contributed by atoms with Gasteiger partial charge in [0.15, 0.2) is 11.5 Å². The van der Waals surface area contributed by atoms with E-state index in [1.807, 2.05) is 16.8 Å². The van der Waals surface area contributed by atoms with Crippen molar-refractivity contribution in [3.05, 3.63) is 48.3 Å². The number of pyridine rings is 1. The second-order valence-electron chi connectivity index (χ2n) is 9.07. The largest absolute Gasteiger partial charge is 0.490 e. The first kappa shape index (κ1) is 31.7. The number of carbonyl (C=O) groups is 2. The number of alkyl halides is 6. The number of anilines is 1. The van der Waals surface area contributed by atoms with Crippen molar-refractivity contribution >= 4 is 23.3 Å². The van der Waals surface area contributed by atoms with Gasteiger partial charge < -0.3 is 24.3 Å². The lowest BCUT2D eigenvalue weighted by Gasteiger charge is -2.30. The van der Waals surface area contributed by atoms with Crippen LogP contribution < -0.4 is 4.90 Å². The summed E-state index contributed by atoms with van der Waals surface area (Å²) < 4.78 is 76.1. The predicted octanol–water partition coefficient (Wildman–Crippen LogP) is 3.81. The number of ether oxygens (including phenoxy) is 1. The number of aliphatic carboxylic acids is 2. The summed E-state index contributed by atoms with van der Waals surface area (Å²) in [6.07, 6.45) is -2.16. The Morgan fingerprint density at radius 2 is 1.61 bits per heavy atom. The van der Waals surface area contributed by atoms with E-state index >= 15 is 0 Å². The van der Waals surface area contributed by atoms with Crippen molar-refractivity contribution in [3.8, 4) is 0 Å². The lowest BCUT2D eigenvalue weighted by Crippen LogP contribution is -2.36. The third-order valence-corrected chi connectivity index (χ3v) is 6.05. The third kappa shape index (κ3) is 9.63. The fraction of sp³-hybridized carbons (Fsp3) is 0.500. The van der Waals surface area contributed by atoms with Gasteiger partial charge in [-0.25, -0.2) is 19.1 Å². The molecule has 0 bridgehead atoms. The second kappa shape index (κ2) is 13.7. The highest BCUT2D eigenvalue weighted by Gasteiger charge is 2.38. The summed E-state index contributed by atoms with van der Waals surface area (Å²) in [6, 6.07) is 6.26. The number of carboxylic acids is 2. The molecule has 5 heterocycles. The highest BCUT2D eigenvalue weighted by atomic mass is 19.4. The molecule has 2 fully saturated rings. The molecule has 1 unspecified atom stereocenters.